The van der Waals surface area contributed by atoms with Gasteiger partial charge in [-0.05, 0) is 12.5 Å². The van der Waals surface area contributed by atoms with Crippen molar-refractivity contribution in [1.29, 1.82) is 0 Å². The Balaban J connectivity index is 2.93. The minimum Gasteiger partial charge on any atom is -0.492 e. The lowest BCUT2D eigenvalue weighted by molar-refractivity contribution is -0.385. The van der Waals surface area contributed by atoms with E-state index >= 15 is 0 Å². The first-order valence-corrected chi connectivity index (χ1v) is 5.71. The molecule has 0 heterocycles. The number of benzene rings is 1. The van der Waals surface area contributed by atoms with Gasteiger partial charge in [-0.3, -0.25) is 10.1 Å². The molecule has 0 spiro atoms. The summed E-state index contributed by atoms with van der Waals surface area (Å²) in [4.78, 5) is 21.1. The van der Waals surface area contributed by atoms with Crippen molar-refractivity contribution in [3.63, 3.8) is 0 Å². The van der Waals surface area contributed by atoms with E-state index in [0.717, 1.165) is 25.3 Å². The van der Waals surface area contributed by atoms with Crippen LogP contribution in [0.4, 0.5) is 5.69 Å². The summed E-state index contributed by atoms with van der Waals surface area (Å²) in [7, 11) is 0. The SMILES string of the molecule is CCCCCOc1cccc([N+](=O)[O-])c1C(=O)O. The van der Waals surface area contributed by atoms with Crippen molar-refractivity contribution in [3.05, 3.63) is 33.9 Å². The summed E-state index contributed by atoms with van der Waals surface area (Å²) in [5.74, 6) is -1.31. The Hall–Kier alpha value is -2.11. The number of ether oxygens (including phenoxy) is 1. The van der Waals surface area contributed by atoms with Crippen LogP contribution in [0, 0.1) is 10.1 Å². The number of carboxylic acid groups (broad SMARTS) is 1. The van der Waals surface area contributed by atoms with E-state index in [-0.39, 0.29) is 11.3 Å². The van der Waals surface area contributed by atoms with Crippen molar-refractivity contribution in [2.75, 3.05) is 6.61 Å². The number of carbonyl (C=O) groups is 1. The highest BCUT2D eigenvalue weighted by atomic mass is 16.6. The molecule has 1 aromatic carbocycles. The van der Waals surface area contributed by atoms with Crippen LogP contribution in [0.2, 0.25) is 0 Å². The van der Waals surface area contributed by atoms with E-state index < -0.39 is 16.6 Å². The Kier molecular flexibility index (Phi) is 5.10. The number of nitro groups is 1. The second kappa shape index (κ2) is 6.58. The lowest BCUT2D eigenvalue weighted by atomic mass is 10.1. The number of nitro benzene ring substituents is 1. The largest absolute Gasteiger partial charge is 0.492 e. The summed E-state index contributed by atoms with van der Waals surface area (Å²) >= 11 is 0. The van der Waals surface area contributed by atoms with Crippen molar-refractivity contribution in [2.45, 2.75) is 26.2 Å². The number of aromatic carboxylic acids is 1. The van der Waals surface area contributed by atoms with E-state index in [9.17, 15) is 14.9 Å². The minimum atomic E-state index is -1.35. The van der Waals surface area contributed by atoms with Crippen LogP contribution in [0.15, 0.2) is 18.2 Å². The summed E-state index contributed by atoms with van der Waals surface area (Å²) in [6, 6.07) is 4.00. The van der Waals surface area contributed by atoms with E-state index in [1.54, 1.807) is 0 Å². The Bertz CT molecular complexity index is 444. The van der Waals surface area contributed by atoms with Gasteiger partial charge in [0.1, 0.15) is 5.75 Å². The predicted octanol–water partition coefficient (Wildman–Crippen LogP) is 2.86. The van der Waals surface area contributed by atoms with Crippen molar-refractivity contribution < 1.29 is 19.6 Å². The fourth-order valence-corrected chi connectivity index (χ4v) is 1.54. The van der Waals surface area contributed by atoms with Crippen LogP contribution >= 0.6 is 0 Å². The summed E-state index contributed by atoms with van der Waals surface area (Å²) in [6.07, 6.45) is 2.78. The molecule has 1 N–H and O–H groups in total. The third kappa shape index (κ3) is 3.44. The molecule has 0 bridgehead atoms. The highest BCUT2D eigenvalue weighted by molar-refractivity contribution is 5.95. The molecular weight excluding hydrogens is 238 g/mol. The van der Waals surface area contributed by atoms with Crippen molar-refractivity contribution in [3.8, 4) is 5.75 Å². The molecule has 0 amide bonds. The van der Waals surface area contributed by atoms with Crippen LogP contribution < -0.4 is 4.74 Å². The Morgan fingerprint density at radius 1 is 1.44 bits per heavy atom. The van der Waals surface area contributed by atoms with Crippen LogP contribution in [-0.4, -0.2) is 22.6 Å². The van der Waals surface area contributed by atoms with Gasteiger partial charge in [-0.1, -0.05) is 25.8 Å². The van der Waals surface area contributed by atoms with E-state index in [0.29, 0.717) is 6.61 Å². The van der Waals surface area contributed by atoms with Crippen LogP contribution in [0.5, 0.6) is 5.75 Å². The maximum atomic E-state index is 11.1. The molecule has 98 valence electrons. The molecule has 0 atom stereocenters. The smallest absolute Gasteiger partial charge is 0.346 e. The van der Waals surface area contributed by atoms with Crippen LogP contribution in [0.25, 0.3) is 0 Å². The zero-order valence-corrected chi connectivity index (χ0v) is 10.1. The standard InChI is InChI=1S/C12H15NO5/c1-2-3-4-8-18-10-7-5-6-9(13(16)17)11(10)12(14)15/h5-7H,2-4,8H2,1H3,(H,14,15). The topological polar surface area (TPSA) is 89.7 Å². The van der Waals surface area contributed by atoms with Gasteiger partial charge in [-0.2, -0.15) is 0 Å². The van der Waals surface area contributed by atoms with E-state index in [4.69, 9.17) is 9.84 Å². The summed E-state index contributed by atoms with van der Waals surface area (Å²) in [6.45, 7) is 2.39. The van der Waals surface area contributed by atoms with Crippen molar-refractivity contribution >= 4 is 11.7 Å². The maximum Gasteiger partial charge on any atom is 0.346 e. The van der Waals surface area contributed by atoms with Gasteiger partial charge in [0.15, 0.2) is 5.56 Å². The second-order valence-electron chi connectivity index (χ2n) is 3.77. The quantitative estimate of drug-likeness (QED) is 0.458. The number of nitrogens with zero attached hydrogens (tertiary/aromatic N) is 1. The van der Waals surface area contributed by atoms with Crippen LogP contribution in [0.3, 0.4) is 0 Å². The zero-order chi connectivity index (χ0) is 13.5. The highest BCUT2D eigenvalue weighted by Gasteiger charge is 2.24. The van der Waals surface area contributed by atoms with Gasteiger partial charge in [-0.15, -0.1) is 0 Å². The lowest BCUT2D eigenvalue weighted by Gasteiger charge is -2.08. The molecule has 0 saturated carbocycles. The minimum absolute atomic E-state index is 0.0489. The van der Waals surface area contributed by atoms with Gasteiger partial charge in [0.2, 0.25) is 0 Å². The molecule has 1 rings (SSSR count). The molecule has 6 heteroatoms. The van der Waals surface area contributed by atoms with Crippen LogP contribution in [-0.2, 0) is 0 Å². The van der Waals surface area contributed by atoms with E-state index in [1.807, 2.05) is 6.92 Å². The molecule has 0 fully saturated rings. The van der Waals surface area contributed by atoms with Gasteiger partial charge in [0, 0.05) is 6.07 Å². The number of hydrogen-bond acceptors (Lipinski definition) is 4. The highest BCUT2D eigenvalue weighted by Crippen LogP contribution is 2.28. The summed E-state index contributed by atoms with van der Waals surface area (Å²) < 4.78 is 5.31. The third-order valence-corrected chi connectivity index (χ3v) is 2.42. The number of carboxylic acids is 1. The van der Waals surface area contributed by atoms with Crippen molar-refractivity contribution in [2.24, 2.45) is 0 Å². The van der Waals surface area contributed by atoms with Crippen LogP contribution in [0.1, 0.15) is 36.5 Å². The molecular formula is C12H15NO5. The molecule has 0 aliphatic rings. The Labute approximate surface area is 104 Å². The molecule has 0 radical (unpaired) electrons. The normalized spacial score (nSPS) is 10.1. The summed E-state index contributed by atoms with van der Waals surface area (Å²) in [5, 5.41) is 19.8. The third-order valence-electron chi connectivity index (χ3n) is 2.42. The first-order valence-electron chi connectivity index (χ1n) is 5.71. The summed E-state index contributed by atoms with van der Waals surface area (Å²) in [5.41, 5.74) is -0.838. The Morgan fingerprint density at radius 2 is 2.17 bits per heavy atom. The van der Waals surface area contributed by atoms with Gasteiger partial charge >= 0.3 is 5.97 Å². The number of hydrogen-bond donors (Lipinski definition) is 1. The van der Waals surface area contributed by atoms with Gasteiger partial charge in [0.05, 0.1) is 11.5 Å². The molecule has 0 aliphatic heterocycles. The fourth-order valence-electron chi connectivity index (χ4n) is 1.54. The molecule has 0 aromatic heterocycles. The van der Waals surface area contributed by atoms with E-state index in [2.05, 4.69) is 0 Å². The number of unbranched alkanes of at least 4 members (excludes halogenated alkanes) is 2. The average Bonchev–Trinajstić information content (AvgIpc) is 2.33. The second-order valence-corrected chi connectivity index (χ2v) is 3.77. The molecule has 18 heavy (non-hydrogen) atoms. The average molecular weight is 253 g/mol. The first kappa shape index (κ1) is 14.0. The van der Waals surface area contributed by atoms with Crippen molar-refractivity contribution in [1.82, 2.24) is 0 Å². The predicted molar refractivity (Wildman–Crippen MR) is 65.1 cm³/mol. The fraction of sp³-hybridized carbons (Fsp3) is 0.417. The molecule has 6 nitrogen and oxygen atoms in total. The molecule has 0 unspecified atom stereocenters. The molecule has 0 saturated heterocycles. The van der Waals surface area contributed by atoms with Gasteiger partial charge in [-0.25, -0.2) is 4.79 Å². The Morgan fingerprint density at radius 3 is 2.72 bits per heavy atom. The number of rotatable bonds is 7. The monoisotopic (exact) mass is 253 g/mol. The molecule has 1 aromatic rings. The van der Waals surface area contributed by atoms with Gasteiger partial charge in [0.25, 0.3) is 5.69 Å². The maximum absolute atomic E-state index is 11.1. The molecule has 0 aliphatic carbocycles. The first-order chi connectivity index (χ1) is 8.57. The lowest BCUT2D eigenvalue weighted by Crippen LogP contribution is -2.07. The van der Waals surface area contributed by atoms with E-state index in [1.165, 1.54) is 12.1 Å². The zero-order valence-electron chi connectivity index (χ0n) is 10.1. The van der Waals surface area contributed by atoms with Gasteiger partial charge < -0.3 is 9.84 Å².